The zero-order valence-corrected chi connectivity index (χ0v) is 11.5. The van der Waals surface area contributed by atoms with Gasteiger partial charge < -0.3 is 0 Å². The van der Waals surface area contributed by atoms with Crippen LogP contribution in [0.4, 0.5) is 0 Å². The second-order valence-corrected chi connectivity index (χ2v) is 7.83. The van der Waals surface area contributed by atoms with Crippen molar-refractivity contribution in [1.29, 1.82) is 0 Å². The van der Waals surface area contributed by atoms with Gasteiger partial charge in [-0.25, -0.2) is 0 Å². The van der Waals surface area contributed by atoms with Crippen molar-refractivity contribution in [2.45, 2.75) is 68.3 Å². The van der Waals surface area contributed by atoms with Crippen molar-refractivity contribution in [3.05, 3.63) is 0 Å². The van der Waals surface area contributed by atoms with E-state index in [1.54, 1.807) is 0 Å². The molecule has 0 heterocycles. The van der Waals surface area contributed by atoms with E-state index in [1.165, 1.54) is 49.4 Å². The average molecular weight is 311 g/mol. The molecule has 86 valence electrons. The van der Waals surface area contributed by atoms with Crippen LogP contribution in [0.25, 0.3) is 0 Å². The molecule has 1 aliphatic carbocycles. The first-order valence-electron chi connectivity index (χ1n) is 6.10. The molecule has 2 atom stereocenters. The molecule has 0 saturated heterocycles. The summed E-state index contributed by atoms with van der Waals surface area (Å²) in [5.74, 6) is 0. The summed E-state index contributed by atoms with van der Waals surface area (Å²) in [4.78, 5) is 0. The molecular weight excluding hydrogens is 287 g/mol. The third-order valence-corrected chi connectivity index (χ3v) is 6.91. The normalized spacial score (nSPS) is 28.1. The Bertz CT molecular complexity index is 138. The predicted molar refractivity (Wildman–Crippen MR) is 57.3 cm³/mol. The summed E-state index contributed by atoms with van der Waals surface area (Å²) in [5.41, 5.74) is 0. The SMILES string of the molecule is CCCCCC[I-]C1CCCCC1O. The maximum atomic E-state index is 9.80. The number of hydrogen-bond donors (Lipinski definition) is 1. The van der Waals surface area contributed by atoms with Gasteiger partial charge in [-0.3, -0.25) is 0 Å². The van der Waals surface area contributed by atoms with E-state index in [4.69, 9.17) is 0 Å². The van der Waals surface area contributed by atoms with E-state index in [2.05, 4.69) is 6.92 Å². The molecule has 0 aromatic rings. The van der Waals surface area contributed by atoms with E-state index in [0.717, 1.165) is 10.3 Å². The Kier molecular flexibility index (Phi) is 7.21. The molecule has 1 N–H and O–H groups in total. The summed E-state index contributed by atoms with van der Waals surface area (Å²) in [6, 6.07) is 0. The molecule has 0 aliphatic heterocycles. The first-order valence-corrected chi connectivity index (χ1v) is 8.87. The third-order valence-electron chi connectivity index (χ3n) is 2.94. The van der Waals surface area contributed by atoms with Crippen LogP contribution >= 0.6 is 0 Å². The Morgan fingerprint density at radius 2 is 1.93 bits per heavy atom. The zero-order chi connectivity index (χ0) is 10.2. The predicted octanol–water partition coefficient (Wildman–Crippen LogP) is -0.0408. The van der Waals surface area contributed by atoms with Gasteiger partial charge in [0.05, 0.1) is 0 Å². The Labute approximate surface area is 98.9 Å². The molecule has 1 aliphatic rings. The van der Waals surface area contributed by atoms with Crippen LogP contribution < -0.4 is 21.2 Å². The first kappa shape index (κ1) is 12.8. The summed E-state index contributed by atoms with van der Waals surface area (Å²) < 4.78 is 2.19. The molecule has 0 spiro atoms. The molecule has 2 heteroatoms. The first-order chi connectivity index (χ1) is 6.84. The van der Waals surface area contributed by atoms with Gasteiger partial charge in [0.2, 0.25) is 0 Å². The molecule has 1 fully saturated rings. The van der Waals surface area contributed by atoms with Gasteiger partial charge >= 0.3 is 99.1 Å². The molecule has 0 amide bonds. The summed E-state index contributed by atoms with van der Waals surface area (Å²) in [6.45, 7) is 2.26. The van der Waals surface area contributed by atoms with Crippen LogP contribution in [-0.4, -0.2) is 19.6 Å². The fraction of sp³-hybridized carbons (Fsp3) is 1.00. The number of unbranched alkanes of at least 4 members (excludes halogenated alkanes) is 3. The van der Waals surface area contributed by atoms with Crippen LogP contribution in [0.1, 0.15) is 58.3 Å². The van der Waals surface area contributed by atoms with Crippen LogP contribution in [0.2, 0.25) is 0 Å². The van der Waals surface area contributed by atoms with Gasteiger partial charge in [0.15, 0.2) is 0 Å². The topological polar surface area (TPSA) is 20.2 Å². The maximum absolute atomic E-state index is 9.80. The minimum absolute atomic E-state index is 0.0720. The van der Waals surface area contributed by atoms with Gasteiger partial charge in [0, 0.05) is 0 Å². The van der Waals surface area contributed by atoms with Gasteiger partial charge in [0.25, 0.3) is 0 Å². The van der Waals surface area contributed by atoms with Gasteiger partial charge in [-0.05, 0) is 0 Å². The van der Waals surface area contributed by atoms with E-state index in [0.29, 0.717) is 21.2 Å². The molecule has 1 saturated carbocycles. The molecular formula is C12H24IO-. The number of aliphatic hydroxyl groups is 1. The van der Waals surface area contributed by atoms with Crippen molar-refractivity contribution in [3.8, 4) is 0 Å². The summed E-state index contributed by atoms with van der Waals surface area (Å²) in [7, 11) is 0. The van der Waals surface area contributed by atoms with Crippen molar-refractivity contribution < 1.29 is 26.3 Å². The molecule has 1 rings (SSSR count). The molecule has 0 aromatic heterocycles. The number of alkyl halides is 2. The summed E-state index contributed by atoms with van der Waals surface area (Å²) >= 11 is 0.296. The van der Waals surface area contributed by atoms with Crippen molar-refractivity contribution >= 4 is 0 Å². The van der Waals surface area contributed by atoms with Gasteiger partial charge in [0.1, 0.15) is 0 Å². The monoisotopic (exact) mass is 311 g/mol. The fourth-order valence-electron chi connectivity index (χ4n) is 1.98. The van der Waals surface area contributed by atoms with Crippen molar-refractivity contribution in [2.24, 2.45) is 0 Å². The third kappa shape index (κ3) is 4.96. The second kappa shape index (κ2) is 7.91. The Hall–Kier alpha value is 0.690. The van der Waals surface area contributed by atoms with Crippen molar-refractivity contribution in [2.75, 3.05) is 4.43 Å². The van der Waals surface area contributed by atoms with Crippen molar-refractivity contribution in [3.63, 3.8) is 0 Å². The summed E-state index contributed by atoms with van der Waals surface area (Å²) in [5, 5.41) is 9.80. The second-order valence-electron chi connectivity index (χ2n) is 4.27. The van der Waals surface area contributed by atoms with Crippen LogP contribution in [-0.2, 0) is 0 Å². The zero-order valence-electron chi connectivity index (χ0n) is 9.34. The van der Waals surface area contributed by atoms with Gasteiger partial charge in [-0.1, -0.05) is 0 Å². The van der Waals surface area contributed by atoms with Crippen LogP contribution in [0.5, 0.6) is 0 Å². The Morgan fingerprint density at radius 3 is 2.64 bits per heavy atom. The Morgan fingerprint density at radius 1 is 1.14 bits per heavy atom. The number of aliphatic hydroxyl groups excluding tert-OH is 1. The molecule has 1 nitrogen and oxygen atoms in total. The van der Waals surface area contributed by atoms with E-state index < -0.39 is 0 Å². The van der Waals surface area contributed by atoms with Crippen LogP contribution in [0.3, 0.4) is 0 Å². The molecule has 2 unspecified atom stereocenters. The van der Waals surface area contributed by atoms with E-state index in [-0.39, 0.29) is 6.10 Å². The minimum atomic E-state index is 0.0720. The molecule has 14 heavy (non-hydrogen) atoms. The molecule has 0 aromatic carbocycles. The number of hydrogen-bond acceptors (Lipinski definition) is 1. The quantitative estimate of drug-likeness (QED) is 0.415. The molecule has 0 bridgehead atoms. The van der Waals surface area contributed by atoms with Crippen LogP contribution in [0, 0.1) is 0 Å². The van der Waals surface area contributed by atoms with E-state index in [9.17, 15) is 5.11 Å². The van der Waals surface area contributed by atoms with Gasteiger partial charge in [-0.2, -0.15) is 0 Å². The van der Waals surface area contributed by atoms with Crippen LogP contribution in [0.15, 0.2) is 0 Å². The van der Waals surface area contributed by atoms with Crippen molar-refractivity contribution in [1.82, 2.24) is 0 Å². The fourth-order valence-corrected chi connectivity index (χ4v) is 5.59. The number of rotatable bonds is 6. The standard InChI is InChI=1S/C12H24IO/c1-2-3-4-7-10-13-11-8-5-6-9-12(11)14/h11-12,14H,2-10H2,1H3/q-1. The molecule has 0 radical (unpaired) electrons. The van der Waals surface area contributed by atoms with Gasteiger partial charge in [-0.15, -0.1) is 0 Å². The average Bonchev–Trinajstić information content (AvgIpc) is 2.20. The summed E-state index contributed by atoms with van der Waals surface area (Å²) in [6.07, 6.45) is 10.7. The van der Waals surface area contributed by atoms with E-state index >= 15 is 0 Å². The van der Waals surface area contributed by atoms with E-state index in [1.807, 2.05) is 0 Å². The number of halogens is 1. The Balaban J connectivity index is 1.99.